The number of imidazole rings is 1. The largest absolute Gasteiger partial charge is 0.326 e. The van der Waals surface area contributed by atoms with Crippen molar-refractivity contribution in [3.05, 3.63) is 69.6 Å². The van der Waals surface area contributed by atoms with Gasteiger partial charge in [-0.1, -0.05) is 30.3 Å². The number of nitrogens with zero attached hydrogens (tertiary/aromatic N) is 2. The smallest absolute Gasteiger partial charge is 0.306 e. The minimum absolute atomic E-state index is 0.0465. The fraction of sp³-hybridized carbons (Fsp3) is 0.235. The van der Waals surface area contributed by atoms with Crippen LogP contribution in [0.3, 0.4) is 0 Å². The zero-order valence-corrected chi connectivity index (χ0v) is 12.0. The Morgan fingerprint density at radius 1 is 1.10 bits per heavy atom. The fourth-order valence-electron chi connectivity index (χ4n) is 3.15. The minimum Gasteiger partial charge on any atom is -0.306 e. The lowest BCUT2D eigenvalue weighted by atomic mass is 10.1. The number of fused-ring (bicyclic) bond motifs is 2. The van der Waals surface area contributed by atoms with Crippen molar-refractivity contribution in [3.63, 3.8) is 0 Å². The molecule has 2 heterocycles. The van der Waals surface area contributed by atoms with Gasteiger partial charge in [0.15, 0.2) is 0 Å². The Morgan fingerprint density at radius 3 is 2.57 bits per heavy atom. The molecule has 4 rings (SSSR count). The predicted octanol–water partition coefficient (Wildman–Crippen LogP) is 2.38. The van der Waals surface area contributed by atoms with Crippen molar-refractivity contribution in [2.45, 2.75) is 19.6 Å². The molecule has 0 saturated carbocycles. The Hall–Kier alpha value is -2.33. The van der Waals surface area contributed by atoms with Crippen LogP contribution >= 0.6 is 0 Å². The lowest BCUT2D eigenvalue weighted by molar-refractivity contribution is 0.275. The number of rotatable bonds is 2. The summed E-state index contributed by atoms with van der Waals surface area (Å²) in [5, 5.41) is 0. The Labute approximate surface area is 122 Å². The van der Waals surface area contributed by atoms with Crippen molar-refractivity contribution in [1.29, 1.82) is 0 Å². The molecule has 0 fully saturated rings. The van der Waals surface area contributed by atoms with Crippen LogP contribution in [-0.4, -0.2) is 14.5 Å². The molecule has 1 N–H and O–H groups in total. The van der Waals surface area contributed by atoms with E-state index >= 15 is 0 Å². The standard InChI is InChI=1S/C17H17N3O/c1-19-16-8-14-11-20(9-12-5-3-2-4-6-12)10-13(14)7-15(16)18-17(19)21/h2-8H,9-11H2,1H3,(H,18,21). The molecule has 0 amide bonds. The third-order valence-corrected chi connectivity index (χ3v) is 4.26. The molecule has 4 heteroatoms. The first kappa shape index (κ1) is 12.4. The Balaban J connectivity index is 1.65. The molecule has 0 bridgehead atoms. The summed E-state index contributed by atoms with van der Waals surface area (Å²) in [4.78, 5) is 17.0. The predicted molar refractivity (Wildman–Crippen MR) is 82.9 cm³/mol. The van der Waals surface area contributed by atoms with Crippen LogP contribution in [0.4, 0.5) is 0 Å². The average molecular weight is 279 g/mol. The molecule has 3 aromatic rings. The van der Waals surface area contributed by atoms with Gasteiger partial charge in [0, 0.05) is 26.7 Å². The summed E-state index contributed by atoms with van der Waals surface area (Å²) >= 11 is 0. The third kappa shape index (κ3) is 2.08. The van der Waals surface area contributed by atoms with Crippen LogP contribution in [0.1, 0.15) is 16.7 Å². The Morgan fingerprint density at radius 2 is 1.81 bits per heavy atom. The first-order valence-electron chi connectivity index (χ1n) is 7.17. The van der Waals surface area contributed by atoms with Gasteiger partial charge in [0.25, 0.3) is 0 Å². The van der Waals surface area contributed by atoms with Crippen LogP contribution < -0.4 is 5.69 Å². The summed E-state index contributed by atoms with van der Waals surface area (Å²) in [6.45, 7) is 2.85. The molecule has 1 aliphatic heterocycles. The maximum absolute atomic E-state index is 11.7. The van der Waals surface area contributed by atoms with E-state index in [4.69, 9.17) is 0 Å². The molecular weight excluding hydrogens is 262 g/mol. The zero-order valence-electron chi connectivity index (χ0n) is 12.0. The number of nitrogens with one attached hydrogen (secondary N) is 1. The number of aromatic nitrogens is 2. The fourth-order valence-corrected chi connectivity index (χ4v) is 3.15. The maximum Gasteiger partial charge on any atom is 0.326 e. The van der Waals surface area contributed by atoms with Crippen LogP contribution in [0, 0.1) is 0 Å². The van der Waals surface area contributed by atoms with Gasteiger partial charge in [0.05, 0.1) is 11.0 Å². The zero-order chi connectivity index (χ0) is 14.4. The van der Waals surface area contributed by atoms with Crippen LogP contribution in [0.5, 0.6) is 0 Å². The number of aromatic amines is 1. The maximum atomic E-state index is 11.7. The van der Waals surface area contributed by atoms with Gasteiger partial charge in [0.1, 0.15) is 0 Å². The minimum atomic E-state index is -0.0465. The molecule has 1 aliphatic rings. The van der Waals surface area contributed by atoms with Gasteiger partial charge in [-0.25, -0.2) is 4.79 Å². The molecule has 106 valence electrons. The second kappa shape index (κ2) is 4.60. The second-order valence-electron chi connectivity index (χ2n) is 5.76. The van der Waals surface area contributed by atoms with Gasteiger partial charge in [0.2, 0.25) is 0 Å². The Kier molecular flexibility index (Phi) is 2.72. The van der Waals surface area contributed by atoms with E-state index in [1.54, 1.807) is 4.57 Å². The van der Waals surface area contributed by atoms with Crippen LogP contribution in [0.2, 0.25) is 0 Å². The third-order valence-electron chi connectivity index (χ3n) is 4.26. The molecule has 0 spiro atoms. The number of aryl methyl sites for hydroxylation is 1. The van der Waals surface area contributed by atoms with Gasteiger partial charge in [-0.3, -0.25) is 9.47 Å². The lowest BCUT2D eigenvalue weighted by Crippen LogP contribution is -2.15. The van der Waals surface area contributed by atoms with Crippen LogP contribution in [0.15, 0.2) is 47.3 Å². The van der Waals surface area contributed by atoms with E-state index in [1.165, 1.54) is 16.7 Å². The normalized spacial score (nSPS) is 14.7. The van der Waals surface area contributed by atoms with E-state index in [0.717, 1.165) is 30.7 Å². The summed E-state index contributed by atoms with van der Waals surface area (Å²) in [6.07, 6.45) is 0. The summed E-state index contributed by atoms with van der Waals surface area (Å²) in [5.41, 5.74) is 5.86. The molecule has 0 unspecified atom stereocenters. The number of benzene rings is 2. The molecule has 0 atom stereocenters. The second-order valence-corrected chi connectivity index (χ2v) is 5.76. The quantitative estimate of drug-likeness (QED) is 0.782. The molecule has 0 radical (unpaired) electrons. The molecule has 21 heavy (non-hydrogen) atoms. The van der Waals surface area contributed by atoms with Crippen LogP contribution in [0.25, 0.3) is 11.0 Å². The summed E-state index contributed by atoms with van der Waals surface area (Å²) in [5.74, 6) is 0. The highest BCUT2D eigenvalue weighted by Gasteiger charge is 2.20. The first-order valence-corrected chi connectivity index (χ1v) is 7.17. The van der Waals surface area contributed by atoms with Crippen molar-refractivity contribution >= 4 is 11.0 Å². The number of H-pyrrole nitrogens is 1. The topological polar surface area (TPSA) is 41.0 Å². The molecular formula is C17H17N3O. The van der Waals surface area contributed by atoms with E-state index in [0.29, 0.717) is 0 Å². The SMILES string of the molecule is Cn1c(=O)[nH]c2cc3c(cc21)CN(Cc1ccccc1)C3. The number of hydrogen-bond acceptors (Lipinski definition) is 2. The van der Waals surface area contributed by atoms with E-state index < -0.39 is 0 Å². The van der Waals surface area contributed by atoms with Gasteiger partial charge >= 0.3 is 5.69 Å². The van der Waals surface area contributed by atoms with E-state index in [9.17, 15) is 4.79 Å². The highest BCUT2D eigenvalue weighted by Crippen LogP contribution is 2.27. The summed E-state index contributed by atoms with van der Waals surface area (Å²) in [7, 11) is 1.81. The number of hydrogen-bond donors (Lipinski definition) is 1. The molecule has 2 aromatic carbocycles. The van der Waals surface area contributed by atoms with Gasteiger partial charge in [-0.15, -0.1) is 0 Å². The van der Waals surface area contributed by atoms with Crippen molar-refractivity contribution in [3.8, 4) is 0 Å². The van der Waals surface area contributed by atoms with Gasteiger partial charge in [-0.2, -0.15) is 0 Å². The monoisotopic (exact) mass is 279 g/mol. The van der Waals surface area contributed by atoms with Crippen LogP contribution in [-0.2, 0) is 26.7 Å². The highest BCUT2D eigenvalue weighted by atomic mass is 16.1. The van der Waals surface area contributed by atoms with Crippen molar-refractivity contribution < 1.29 is 0 Å². The first-order chi connectivity index (χ1) is 10.2. The average Bonchev–Trinajstić information content (AvgIpc) is 2.99. The molecule has 1 aromatic heterocycles. The Bertz CT molecular complexity index is 861. The van der Waals surface area contributed by atoms with Gasteiger partial charge in [-0.05, 0) is 28.8 Å². The summed E-state index contributed by atoms with van der Waals surface area (Å²) < 4.78 is 1.68. The van der Waals surface area contributed by atoms with E-state index in [1.807, 2.05) is 13.1 Å². The van der Waals surface area contributed by atoms with E-state index in [-0.39, 0.29) is 5.69 Å². The van der Waals surface area contributed by atoms with Crippen molar-refractivity contribution in [1.82, 2.24) is 14.5 Å². The van der Waals surface area contributed by atoms with E-state index in [2.05, 4.69) is 46.3 Å². The summed E-state index contributed by atoms with van der Waals surface area (Å²) in [6, 6.07) is 14.8. The molecule has 0 aliphatic carbocycles. The van der Waals surface area contributed by atoms with Crippen molar-refractivity contribution in [2.24, 2.45) is 7.05 Å². The van der Waals surface area contributed by atoms with Crippen molar-refractivity contribution in [2.75, 3.05) is 0 Å². The van der Waals surface area contributed by atoms with Gasteiger partial charge < -0.3 is 4.98 Å². The highest BCUT2D eigenvalue weighted by molar-refractivity contribution is 5.77. The lowest BCUT2D eigenvalue weighted by Gasteiger charge is -2.14. The molecule has 0 saturated heterocycles. The molecule has 4 nitrogen and oxygen atoms in total.